The molecule has 0 aliphatic rings. The van der Waals surface area contributed by atoms with Crippen molar-refractivity contribution in [2.24, 2.45) is 0 Å². The minimum absolute atomic E-state index is 0.148. The van der Waals surface area contributed by atoms with E-state index in [1.165, 1.54) is 42.5 Å². The number of anilines is 1. The summed E-state index contributed by atoms with van der Waals surface area (Å²) in [6.45, 7) is -0.962. The lowest BCUT2D eigenvalue weighted by atomic mass is 10.0. The van der Waals surface area contributed by atoms with Gasteiger partial charge in [-0.15, -0.1) is 0 Å². The Hall–Kier alpha value is -4.17. The number of aromatic nitrogens is 1. The fraction of sp³-hybridized carbons (Fsp3) is 0.125. The highest BCUT2D eigenvalue weighted by molar-refractivity contribution is 7.92. The van der Waals surface area contributed by atoms with Crippen molar-refractivity contribution in [2.45, 2.75) is 13.2 Å². The average molecular weight is 501 g/mol. The number of carbonyl (C=O) groups excluding carboxylic acids is 1. The number of carbonyl (C=O) groups is 1. The maximum atomic E-state index is 14.4. The van der Waals surface area contributed by atoms with Crippen molar-refractivity contribution in [3.8, 4) is 17.3 Å². The summed E-state index contributed by atoms with van der Waals surface area (Å²) in [5, 5.41) is 11.7. The maximum Gasteiger partial charge on any atom is 0.244 e. The van der Waals surface area contributed by atoms with E-state index < -0.39 is 39.9 Å². The van der Waals surface area contributed by atoms with Crippen LogP contribution in [-0.4, -0.2) is 25.6 Å². The van der Waals surface area contributed by atoms with Crippen molar-refractivity contribution in [3.63, 3.8) is 0 Å². The molecule has 2 N–H and O–H groups in total. The number of halogens is 3. The molecule has 2 aromatic carbocycles. The SMILES string of the molecule is CS(=O)(=O)Nc1c(F)cc(CNC(=O)/C=C/c2ccc(CF)nc2-c2cccc(F)c2)cc1C#N. The molecule has 180 valence electrons. The molecule has 0 saturated carbocycles. The molecule has 1 heterocycles. The number of nitriles is 1. The van der Waals surface area contributed by atoms with Gasteiger partial charge in [-0.05, 0) is 42.0 Å². The van der Waals surface area contributed by atoms with Gasteiger partial charge in [-0.1, -0.05) is 18.2 Å². The Morgan fingerprint density at radius 3 is 2.60 bits per heavy atom. The number of alkyl halides is 1. The molecule has 0 bridgehead atoms. The highest BCUT2D eigenvalue weighted by Gasteiger charge is 2.15. The Balaban J connectivity index is 1.78. The van der Waals surface area contributed by atoms with Crippen molar-refractivity contribution < 1.29 is 26.4 Å². The number of nitrogens with zero attached hydrogens (tertiary/aromatic N) is 2. The first kappa shape index (κ1) is 25.5. The first-order valence-electron chi connectivity index (χ1n) is 10.1. The van der Waals surface area contributed by atoms with E-state index in [0.29, 0.717) is 16.8 Å². The fourth-order valence-corrected chi connectivity index (χ4v) is 3.72. The number of hydrogen-bond acceptors (Lipinski definition) is 5. The largest absolute Gasteiger partial charge is 0.348 e. The van der Waals surface area contributed by atoms with Gasteiger partial charge in [-0.3, -0.25) is 9.52 Å². The van der Waals surface area contributed by atoms with Crippen LogP contribution in [0.4, 0.5) is 18.9 Å². The van der Waals surface area contributed by atoms with Gasteiger partial charge < -0.3 is 5.32 Å². The molecule has 0 saturated heterocycles. The average Bonchev–Trinajstić information content (AvgIpc) is 2.81. The molecule has 0 aliphatic heterocycles. The molecule has 0 atom stereocenters. The van der Waals surface area contributed by atoms with Gasteiger partial charge in [0.2, 0.25) is 15.9 Å². The van der Waals surface area contributed by atoms with Gasteiger partial charge in [-0.25, -0.2) is 26.6 Å². The molecule has 0 unspecified atom stereocenters. The molecule has 1 amide bonds. The van der Waals surface area contributed by atoms with Crippen molar-refractivity contribution in [1.29, 1.82) is 5.26 Å². The summed E-state index contributed by atoms with van der Waals surface area (Å²) in [7, 11) is -3.80. The third kappa shape index (κ3) is 6.91. The molecule has 3 aromatic rings. The van der Waals surface area contributed by atoms with Crippen LogP contribution in [-0.2, 0) is 28.0 Å². The van der Waals surface area contributed by atoms with Crippen molar-refractivity contribution in [1.82, 2.24) is 10.3 Å². The second-order valence-electron chi connectivity index (χ2n) is 7.42. The van der Waals surface area contributed by atoms with Crippen molar-refractivity contribution >= 4 is 27.7 Å². The number of sulfonamides is 1. The molecular formula is C24H19F3N4O3S. The quantitative estimate of drug-likeness (QED) is 0.453. The molecule has 7 nitrogen and oxygen atoms in total. The summed E-state index contributed by atoms with van der Waals surface area (Å²) in [6.07, 6.45) is 3.43. The van der Waals surface area contributed by atoms with Gasteiger partial charge >= 0.3 is 0 Å². The number of rotatable bonds is 8. The van der Waals surface area contributed by atoms with E-state index >= 15 is 0 Å². The lowest BCUT2D eigenvalue weighted by Crippen LogP contribution is -2.20. The normalized spacial score (nSPS) is 11.3. The van der Waals surface area contributed by atoms with Crippen molar-refractivity contribution in [2.75, 3.05) is 11.0 Å². The second-order valence-corrected chi connectivity index (χ2v) is 9.17. The van der Waals surface area contributed by atoms with E-state index in [-0.39, 0.29) is 23.4 Å². The highest BCUT2D eigenvalue weighted by Crippen LogP contribution is 2.25. The zero-order valence-electron chi connectivity index (χ0n) is 18.3. The molecule has 0 spiro atoms. The van der Waals surface area contributed by atoms with Crippen LogP contribution in [0, 0.1) is 23.0 Å². The lowest BCUT2D eigenvalue weighted by molar-refractivity contribution is -0.116. The van der Waals surface area contributed by atoms with Crippen LogP contribution in [0.2, 0.25) is 0 Å². The molecule has 0 radical (unpaired) electrons. The second kappa shape index (κ2) is 10.8. The Labute approximate surface area is 200 Å². The standard InChI is InChI=1S/C24H19F3N4O3S/c1-35(33,34)31-24-18(13-28)9-15(10-21(24)27)14-29-22(32)8-6-16-5-7-20(12-25)30-23(16)17-3-2-4-19(26)11-17/h2-11,31H,12,14H2,1H3,(H,29,32)/b8-6+. The lowest BCUT2D eigenvalue weighted by Gasteiger charge is -2.10. The van der Waals surface area contributed by atoms with Crippen LogP contribution in [0.5, 0.6) is 0 Å². The van der Waals surface area contributed by atoms with E-state index in [9.17, 15) is 31.6 Å². The Morgan fingerprint density at radius 1 is 1.17 bits per heavy atom. The summed E-state index contributed by atoms with van der Waals surface area (Å²) >= 11 is 0. The zero-order valence-corrected chi connectivity index (χ0v) is 19.2. The number of nitrogens with one attached hydrogen (secondary N) is 2. The van der Waals surface area contributed by atoms with Gasteiger partial charge in [0.25, 0.3) is 0 Å². The van der Waals surface area contributed by atoms with Gasteiger partial charge in [0, 0.05) is 23.7 Å². The summed E-state index contributed by atoms with van der Waals surface area (Å²) < 4.78 is 65.8. The van der Waals surface area contributed by atoms with Crippen LogP contribution in [0.1, 0.15) is 22.4 Å². The number of pyridine rings is 1. The molecule has 35 heavy (non-hydrogen) atoms. The van der Waals surface area contributed by atoms with Crippen LogP contribution < -0.4 is 10.0 Å². The van der Waals surface area contributed by atoms with E-state index in [1.54, 1.807) is 18.2 Å². The third-order valence-corrected chi connectivity index (χ3v) is 5.23. The number of hydrogen-bond donors (Lipinski definition) is 2. The monoisotopic (exact) mass is 500 g/mol. The smallest absolute Gasteiger partial charge is 0.244 e. The number of amides is 1. The van der Waals surface area contributed by atoms with Gasteiger partial charge in [0.15, 0.2) is 0 Å². The summed E-state index contributed by atoms with van der Waals surface area (Å²) in [5.41, 5.74) is 0.801. The first-order chi connectivity index (χ1) is 16.6. The molecule has 11 heteroatoms. The zero-order chi connectivity index (χ0) is 25.6. The minimum Gasteiger partial charge on any atom is -0.348 e. The van der Waals surface area contributed by atoms with Crippen LogP contribution in [0.3, 0.4) is 0 Å². The predicted molar refractivity (Wildman–Crippen MR) is 125 cm³/mol. The van der Waals surface area contributed by atoms with E-state index in [0.717, 1.165) is 12.3 Å². The van der Waals surface area contributed by atoms with Gasteiger partial charge in [0.05, 0.1) is 23.2 Å². The van der Waals surface area contributed by atoms with Crippen molar-refractivity contribution in [3.05, 3.63) is 88.6 Å². The first-order valence-corrected chi connectivity index (χ1v) is 12.0. The highest BCUT2D eigenvalue weighted by atomic mass is 32.2. The molecule has 0 fully saturated rings. The summed E-state index contributed by atoms with van der Waals surface area (Å²) in [4.78, 5) is 16.5. The molecule has 3 rings (SSSR count). The van der Waals surface area contributed by atoms with Gasteiger partial charge in [-0.2, -0.15) is 5.26 Å². The minimum atomic E-state index is -3.80. The van der Waals surface area contributed by atoms with E-state index in [1.807, 2.05) is 4.72 Å². The third-order valence-electron chi connectivity index (χ3n) is 4.66. The Kier molecular flexibility index (Phi) is 7.88. The van der Waals surface area contributed by atoms with E-state index in [2.05, 4.69) is 10.3 Å². The molecule has 0 aliphatic carbocycles. The molecular weight excluding hydrogens is 481 g/mol. The van der Waals surface area contributed by atoms with Crippen LogP contribution in [0.15, 0.2) is 54.6 Å². The number of benzene rings is 2. The summed E-state index contributed by atoms with van der Waals surface area (Å²) in [6, 6.07) is 12.6. The fourth-order valence-electron chi connectivity index (χ4n) is 3.14. The summed E-state index contributed by atoms with van der Waals surface area (Å²) in [5.74, 6) is -2.03. The van der Waals surface area contributed by atoms with Gasteiger partial charge in [0.1, 0.15) is 30.1 Å². The maximum absolute atomic E-state index is 14.4. The molecule has 1 aromatic heterocycles. The van der Waals surface area contributed by atoms with E-state index in [4.69, 9.17) is 0 Å². The van der Waals surface area contributed by atoms with Crippen LogP contribution in [0.25, 0.3) is 17.3 Å². The topological polar surface area (TPSA) is 112 Å². The Morgan fingerprint density at radius 2 is 1.94 bits per heavy atom. The van der Waals surface area contributed by atoms with Crippen LogP contribution >= 0.6 is 0 Å². The Bertz CT molecular complexity index is 1450. The predicted octanol–water partition coefficient (Wildman–Crippen LogP) is 4.07.